The van der Waals surface area contributed by atoms with Crippen molar-refractivity contribution in [3.63, 3.8) is 0 Å². The third kappa shape index (κ3) is 4.31. The first-order chi connectivity index (χ1) is 9.65. The van der Waals surface area contributed by atoms with Gasteiger partial charge in [-0.2, -0.15) is 13.2 Å². The Bertz CT molecular complexity index is 595. The van der Waals surface area contributed by atoms with Gasteiger partial charge in [0.15, 0.2) is 0 Å². The fourth-order valence-corrected chi connectivity index (χ4v) is 1.65. The van der Waals surface area contributed by atoms with Crippen LogP contribution in [-0.2, 0) is 12.6 Å². The summed E-state index contributed by atoms with van der Waals surface area (Å²) < 4.78 is 42.9. The van der Waals surface area contributed by atoms with E-state index in [-0.39, 0.29) is 11.3 Å². The van der Waals surface area contributed by atoms with Gasteiger partial charge in [-0.05, 0) is 36.1 Å². The molecule has 0 fully saturated rings. The second-order valence-electron chi connectivity index (χ2n) is 5.85. The smallest absolute Gasteiger partial charge is 0.416 e. The maximum absolute atomic E-state index is 12.5. The molecule has 6 heteroatoms. The Kier molecular flexibility index (Phi) is 4.07. The highest BCUT2D eigenvalue weighted by atomic mass is 19.4. The van der Waals surface area contributed by atoms with Crippen molar-refractivity contribution in [2.45, 2.75) is 33.4 Å². The molecule has 0 saturated heterocycles. The number of benzene rings is 1. The van der Waals surface area contributed by atoms with Crippen LogP contribution in [0.1, 0.15) is 32.2 Å². The molecule has 0 unspecified atom stereocenters. The molecule has 1 radical (unpaired) electrons. The van der Waals surface area contributed by atoms with E-state index in [1.54, 1.807) is 0 Å². The van der Waals surface area contributed by atoms with E-state index in [2.05, 4.69) is 31.0 Å². The molecule has 0 aliphatic rings. The lowest BCUT2D eigenvalue weighted by molar-refractivity contribution is -0.137. The number of hydrogen-bond donors (Lipinski definition) is 0. The molecule has 21 heavy (non-hydrogen) atoms. The van der Waals surface area contributed by atoms with Crippen molar-refractivity contribution in [1.29, 1.82) is 0 Å². The molecule has 1 aromatic carbocycles. The summed E-state index contributed by atoms with van der Waals surface area (Å²) in [5.74, 6) is 0.667. The second kappa shape index (κ2) is 5.50. The van der Waals surface area contributed by atoms with Crippen LogP contribution in [-0.4, -0.2) is 10.2 Å². The van der Waals surface area contributed by atoms with Gasteiger partial charge in [0.2, 0.25) is 11.8 Å². The Balaban J connectivity index is 2.11. The number of aromatic nitrogens is 2. The van der Waals surface area contributed by atoms with Gasteiger partial charge in [-0.15, -0.1) is 10.2 Å². The van der Waals surface area contributed by atoms with Crippen molar-refractivity contribution in [3.05, 3.63) is 42.1 Å². The summed E-state index contributed by atoms with van der Waals surface area (Å²) in [6, 6.07) is 4.65. The van der Waals surface area contributed by atoms with Crippen molar-refractivity contribution in [1.82, 2.24) is 10.2 Å². The molecule has 3 nitrogen and oxygen atoms in total. The molecule has 0 aliphatic carbocycles. The molecule has 1 aromatic heterocycles. The van der Waals surface area contributed by atoms with Crippen LogP contribution in [0.3, 0.4) is 0 Å². The van der Waals surface area contributed by atoms with Crippen LogP contribution in [0, 0.1) is 11.8 Å². The second-order valence-corrected chi connectivity index (χ2v) is 5.85. The van der Waals surface area contributed by atoms with Crippen LogP contribution < -0.4 is 0 Å². The third-order valence-corrected chi connectivity index (χ3v) is 2.82. The zero-order chi connectivity index (χ0) is 15.7. The predicted octanol–water partition coefficient (Wildman–Crippen LogP) is 4.55. The Hall–Kier alpha value is -1.85. The molecule has 0 amide bonds. The van der Waals surface area contributed by atoms with Gasteiger partial charge in [0.1, 0.15) is 0 Å². The molecule has 0 saturated carbocycles. The third-order valence-electron chi connectivity index (χ3n) is 2.82. The van der Waals surface area contributed by atoms with Gasteiger partial charge < -0.3 is 4.42 Å². The summed E-state index contributed by atoms with van der Waals surface area (Å²) in [5.41, 5.74) is -0.201. The minimum atomic E-state index is -4.35. The topological polar surface area (TPSA) is 38.9 Å². The molecule has 0 spiro atoms. The predicted molar refractivity (Wildman–Crippen MR) is 72.2 cm³/mol. The molecular formula is C15H16F3N2O. The van der Waals surface area contributed by atoms with Crippen molar-refractivity contribution >= 4 is 0 Å². The van der Waals surface area contributed by atoms with Gasteiger partial charge in [-0.1, -0.05) is 20.8 Å². The van der Waals surface area contributed by atoms with Gasteiger partial charge in [-0.25, -0.2) is 0 Å². The first-order valence-electron chi connectivity index (χ1n) is 6.49. The lowest BCUT2D eigenvalue weighted by Gasteiger charge is -2.15. The largest absolute Gasteiger partial charge is 0.421 e. The van der Waals surface area contributed by atoms with Gasteiger partial charge in [0, 0.05) is 12.0 Å². The Morgan fingerprint density at radius 1 is 1.05 bits per heavy atom. The van der Waals surface area contributed by atoms with Crippen LogP contribution in [0.5, 0.6) is 0 Å². The zero-order valence-corrected chi connectivity index (χ0v) is 12.0. The minimum Gasteiger partial charge on any atom is -0.421 e. The van der Waals surface area contributed by atoms with Crippen molar-refractivity contribution in [3.8, 4) is 11.5 Å². The molecule has 0 N–H and O–H groups in total. The van der Waals surface area contributed by atoms with E-state index in [9.17, 15) is 13.2 Å². The number of halogens is 3. The highest BCUT2D eigenvalue weighted by molar-refractivity contribution is 5.53. The van der Waals surface area contributed by atoms with Gasteiger partial charge in [0.05, 0.1) is 5.56 Å². The quantitative estimate of drug-likeness (QED) is 0.834. The average molecular weight is 297 g/mol. The Morgan fingerprint density at radius 3 is 2.19 bits per heavy atom. The summed E-state index contributed by atoms with van der Waals surface area (Å²) in [4.78, 5) is 0. The summed E-state index contributed by atoms with van der Waals surface area (Å²) in [6.07, 6.45) is -1.78. The van der Waals surface area contributed by atoms with E-state index in [4.69, 9.17) is 4.42 Å². The van der Waals surface area contributed by atoms with Crippen molar-refractivity contribution in [2.24, 2.45) is 5.41 Å². The van der Waals surface area contributed by atoms with Gasteiger partial charge >= 0.3 is 6.18 Å². The Morgan fingerprint density at radius 2 is 1.67 bits per heavy atom. The molecule has 0 aliphatic heterocycles. The highest BCUT2D eigenvalue weighted by Crippen LogP contribution is 2.30. The van der Waals surface area contributed by atoms with E-state index < -0.39 is 11.7 Å². The number of hydrogen-bond acceptors (Lipinski definition) is 3. The van der Waals surface area contributed by atoms with E-state index in [1.165, 1.54) is 12.1 Å². The van der Waals surface area contributed by atoms with Crippen molar-refractivity contribution < 1.29 is 17.6 Å². The van der Waals surface area contributed by atoms with Crippen LogP contribution in [0.25, 0.3) is 11.5 Å². The summed E-state index contributed by atoms with van der Waals surface area (Å²) in [7, 11) is 0. The average Bonchev–Trinajstić information content (AvgIpc) is 2.83. The molecular weight excluding hydrogens is 281 g/mol. The standard InChI is InChI=1S/C15H16F3N2O/c1-14(2,3)9-8-12-19-20-13(21-12)10-4-6-11(7-5-10)15(16,17)18/h4-7,9H,8H2,1-3H3. The summed E-state index contributed by atoms with van der Waals surface area (Å²) in [5, 5.41) is 7.76. The number of alkyl halides is 3. The molecule has 0 bridgehead atoms. The summed E-state index contributed by atoms with van der Waals surface area (Å²) in [6.45, 7) is 6.17. The van der Waals surface area contributed by atoms with E-state index in [1.807, 2.05) is 6.42 Å². The molecule has 2 rings (SSSR count). The van der Waals surface area contributed by atoms with E-state index in [0.717, 1.165) is 12.1 Å². The maximum atomic E-state index is 12.5. The maximum Gasteiger partial charge on any atom is 0.416 e. The molecule has 1 heterocycles. The van der Waals surface area contributed by atoms with Gasteiger partial charge in [0.25, 0.3) is 0 Å². The normalized spacial score (nSPS) is 12.7. The fourth-order valence-electron chi connectivity index (χ4n) is 1.65. The lowest BCUT2D eigenvalue weighted by Crippen LogP contribution is -2.07. The van der Waals surface area contributed by atoms with E-state index >= 15 is 0 Å². The molecule has 2 aromatic rings. The van der Waals surface area contributed by atoms with Crippen LogP contribution in [0.4, 0.5) is 13.2 Å². The van der Waals surface area contributed by atoms with Crippen LogP contribution >= 0.6 is 0 Å². The zero-order valence-electron chi connectivity index (χ0n) is 12.0. The first kappa shape index (κ1) is 15.5. The summed E-state index contributed by atoms with van der Waals surface area (Å²) >= 11 is 0. The van der Waals surface area contributed by atoms with Gasteiger partial charge in [-0.3, -0.25) is 0 Å². The number of nitrogens with zero attached hydrogens (tertiary/aromatic N) is 2. The fraction of sp³-hybridized carbons (Fsp3) is 0.400. The first-order valence-corrected chi connectivity index (χ1v) is 6.49. The highest BCUT2D eigenvalue weighted by Gasteiger charge is 2.30. The number of rotatable bonds is 3. The Labute approximate surface area is 121 Å². The lowest BCUT2D eigenvalue weighted by atomic mass is 9.91. The van der Waals surface area contributed by atoms with Crippen molar-refractivity contribution in [2.75, 3.05) is 0 Å². The SMILES string of the molecule is CC(C)(C)[CH]Cc1nnc(-c2ccc(C(F)(F)F)cc2)o1. The molecule has 113 valence electrons. The minimum absolute atomic E-state index is 0.0307. The molecule has 0 atom stereocenters. The van der Waals surface area contributed by atoms with E-state index in [0.29, 0.717) is 17.9 Å². The van der Waals surface area contributed by atoms with Crippen LogP contribution in [0.15, 0.2) is 28.7 Å². The monoisotopic (exact) mass is 297 g/mol. The van der Waals surface area contributed by atoms with Crippen LogP contribution in [0.2, 0.25) is 0 Å².